The smallest absolute Gasteiger partial charge is 0.226 e. The zero-order valence-electron chi connectivity index (χ0n) is 14.0. The van der Waals surface area contributed by atoms with Gasteiger partial charge < -0.3 is 5.32 Å². The van der Waals surface area contributed by atoms with Crippen LogP contribution in [0.15, 0.2) is 28.6 Å². The molecule has 4 nitrogen and oxygen atoms in total. The second-order valence-corrected chi connectivity index (χ2v) is 9.02. The molecule has 1 N–H and O–H groups in total. The highest BCUT2D eigenvalue weighted by molar-refractivity contribution is 8.00. The largest absolute Gasteiger partial charge is 0.301 e. The molecular weight excluding hydrogens is 374 g/mol. The molecule has 1 amide bonds. The number of carbonyl (C=O) groups is 1. The van der Waals surface area contributed by atoms with Crippen LogP contribution in [0.25, 0.3) is 0 Å². The number of carbonyl (C=O) groups excluding carboxylic acids is 1. The molecule has 1 saturated carbocycles. The lowest BCUT2D eigenvalue weighted by Crippen LogP contribution is -2.14. The van der Waals surface area contributed by atoms with Gasteiger partial charge in [-0.2, -0.15) is 0 Å². The Bertz CT molecular complexity index is 684. The van der Waals surface area contributed by atoms with Crippen LogP contribution >= 0.6 is 34.7 Å². The Balaban J connectivity index is 1.41. The zero-order valence-corrected chi connectivity index (χ0v) is 16.4. The van der Waals surface area contributed by atoms with E-state index in [0.717, 1.165) is 27.5 Å². The van der Waals surface area contributed by atoms with Crippen LogP contribution in [-0.2, 0) is 10.5 Å². The number of anilines is 1. The maximum Gasteiger partial charge on any atom is 0.226 e. The quantitative estimate of drug-likeness (QED) is 0.476. The molecule has 1 aliphatic carbocycles. The molecule has 1 heterocycles. The highest BCUT2D eigenvalue weighted by Crippen LogP contribution is 2.30. The molecule has 25 heavy (non-hydrogen) atoms. The van der Waals surface area contributed by atoms with E-state index in [2.05, 4.69) is 15.5 Å². The van der Waals surface area contributed by atoms with Crippen molar-refractivity contribution in [2.24, 2.45) is 5.92 Å². The van der Waals surface area contributed by atoms with Gasteiger partial charge >= 0.3 is 0 Å². The zero-order chi connectivity index (χ0) is 17.5. The molecule has 134 valence electrons. The maximum absolute atomic E-state index is 12.1. The second kappa shape index (κ2) is 9.55. The molecule has 0 unspecified atom stereocenters. The van der Waals surface area contributed by atoms with E-state index in [1.807, 2.05) is 24.3 Å². The van der Waals surface area contributed by atoms with Crippen LogP contribution in [-0.4, -0.2) is 16.1 Å². The molecule has 1 fully saturated rings. The first kappa shape index (κ1) is 18.7. The Labute approximate surface area is 161 Å². The van der Waals surface area contributed by atoms with Crippen molar-refractivity contribution in [1.82, 2.24) is 10.2 Å². The monoisotopic (exact) mass is 395 g/mol. The van der Waals surface area contributed by atoms with Gasteiger partial charge in [0.25, 0.3) is 0 Å². The summed E-state index contributed by atoms with van der Waals surface area (Å²) in [5, 5.41) is 12.4. The van der Waals surface area contributed by atoms with E-state index in [1.165, 1.54) is 49.0 Å². The summed E-state index contributed by atoms with van der Waals surface area (Å²) < 4.78 is 0.859. The number of benzene rings is 1. The first-order valence-corrected chi connectivity index (χ1v) is 10.9. The molecule has 1 aromatic heterocycles. The van der Waals surface area contributed by atoms with Crippen molar-refractivity contribution in [1.29, 1.82) is 0 Å². The fourth-order valence-corrected chi connectivity index (χ4v) is 4.89. The molecule has 0 aliphatic heterocycles. The van der Waals surface area contributed by atoms with Gasteiger partial charge in [-0.15, -0.1) is 10.2 Å². The fourth-order valence-electron chi connectivity index (χ4n) is 3.04. The molecule has 7 heteroatoms. The van der Waals surface area contributed by atoms with E-state index in [1.54, 1.807) is 11.8 Å². The molecule has 0 saturated heterocycles. The van der Waals surface area contributed by atoms with Crippen molar-refractivity contribution in [2.75, 3.05) is 5.32 Å². The topological polar surface area (TPSA) is 54.9 Å². The Hall–Kier alpha value is -1.11. The Kier molecular flexibility index (Phi) is 7.13. The number of hydrogen-bond donors (Lipinski definition) is 1. The minimum absolute atomic E-state index is 0.0518. The van der Waals surface area contributed by atoms with E-state index < -0.39 is 0 Å². The van der Waals surface area contributed by atoms with Crippen LogP contribution in [0, 0.1) is 5.92 Å². The fraction of sp³-hybridized carbons (Fsp3) is 0.500. The van der Waals surface area contributed by atoms with Crippen LogP contribution in [0.3, 0.4) is 0 Å². The third-order valence-corrected chi connectivity index (χ3v) is 6.73. The van der Waals surface area contributed by atoms with E-state index >= 15 is 0 Å². The number of nitrogens with one attached hydrogen (secondary N) is 1. The Morgan fingerprint density at radius 3 is 2.72 bits per heavy atom. The van der Waals surface area contributed by atoms with Gasteiger partial charge in [0.15, 0.2) is 4.34 Å². The van der Waals surface area contributed by atoms with E-state index in [4.69, 9.17) is 11.6 Å². The number of halogens is 1. The van der Waals surface area contributed by atoms with Gasteiger partial charge in [0.2, 0.25) is 11.0 Å². The van der Waals surface area contributed by atoms with Crippen LogP contribution < -0.4 is 5.32 Å². The average Bonchev–Trinajstić information content (AvgIpc) is 3.08. The number of rotatable bonds is 7. The summed E-state index contributed by atoms with van der Waals surface area (Å²) in [4.78, 5) is 12.1. The molecule has 0 radical (unpaired) electrons. The van der Waals surface area contributed by atoms with E-state index in [9.17, 15) is 4.79 Å². The van der Waals surface area contributed by atoms with Gasteiger partial charge in [-0.3, -0.25) is 4.79 Å². The van der Waals surface area contributed by atoms with Gasteiger partial charge in [-0.1, -0.05) is 78.9 Å². The molecule has 2 aromatic rings. The molecule has 0 bridgehead atoms. The summed E-state index contributed by atoms with van der Waals surface area (Å²) >= 11 is 8.93. The lowest BCUT2D eigenvalue weighted by atomic mass is 9.86. The Morgan fingerprint density at radius 2 is 1.96 bits per heavy atom. The molecule has 3 rings (SSSR count). The summed E-state index contributed by atoms with van der Waals surface area (Å²) in [6.45, 7) is 0. The van der Waals surface area contributed by atoms with Gasteiger partial charge in [-0.25, -0.2) is 0 Å². The first-order valence-electron chi connectivity index (χ1n) is 8.69. The summed E-state index contributed by atoms with van der Waals surface area (Å²) in [5.41, 5.74) is 1.18. The summed E-state index contributed by atoms with van der Waals surface area (Å²) in [5.74, 6) is 1.58. The standard InChI is InChI=1S/C18H22ClN3OS2/c19-15-9-6-14(7-10-15)12-24-18-22-21-17(25-18)20-16(23)11-8-13-4-2-1-3-5-13/h6-7,9-10,13H,1-5,8,11-12H2,(H,20,21,23). The number of thioether (sulfide) groups is 1. The van der Waals surface area contributed by atoms with E-state index in [-0.39, 0.29) is 5.91 Å². The van der Waals surface area contributed by atoms with Crippen molar-refractivity contribution in [3.63, 3.8) is 0 Å². The van der Waals surface area contributed by atoms with Gasteiger partial charge in [0.05, 0.1) is 0 Å². The van der Waals surface area contributed by atoms with Crippen molar-refractivity contribution >= 4 is 45.7 Å². The minimum Gasteiger partial charge on any atom is -0.301 e. The number of hydrogen-bond acceptors (Lipinski definition) is 5. The predicted octanol–water partition coefficient (Wildman–Crippen LogP) is 5.78. The summed E-state index contributed by atoms with van der Waals surface area (Å²) in [7, 11) is 0. The lowest BCUT2D eigenvalue weighted by Gasteiger charge is -2.20. The molecule has 1 aromatic carbocycles. The predicted molar refractivity (Wildman–Crippen MR) is 105 cm³/mol. The summed E-state index contributed by atoms with van der Waals surface area (Å²) in [6, 6.07) is 7.78. The molecule has 1 aliphatic rings. The lowest BCUT2D eigenvalue weighted by molar-refractivity contribution is -0.116. The third kappa shape index (κ3) is 6.28. The van der Waals surface area contributed by atoms with Crippen molar-refractivity contribution in [3.8, 4) is 0 Å². The Morgan fingerprint density at radius 1 is 1.20 bits per heavy atom. The van der Waals surface area contributed by atoms with Crippen molar-refractivity contribution < 1.29 is 4.79 Å². The summed E-state index contributed by atoms with van der Waals surface area (Å²) in [6.07, 6.45) is 8.10. The highest BCUT2D eigenvalue weighted by atomic mass is 35.5. The van der Waals surface area contributed by atoms with Gasteiger partial charge in [-0.05, 0) is 30.0 Å². The van der Waals surface area contributed by atoms with Crippen LogP contribution in [0.1, 0.15) is 50.5 Å². The van der Waals surface area contributed by atoms with Gasteiger partial charge in [0.1, 0.15) is 0 Å². The number of amides is 1. The highest BCUT2D eigenvalue weighted by Gasteiger charge is 2.15. The SMILES string of the molecule is O=C(CCC1CCCCC1)Nc1nnc(SCc2ccc(Cl)cc2)s1. The maximum atomic E-state index is 12.1. The minimum atomic E-state index is 0.0518. The normalized spacial score (nSPS) is 15.2. The first-order chi connectivity index (χ1) is 12.2. The van der Waals surface area contributed by atoms with Crippen molar-refractivity contribution in [2.45, 2.75) is 55.0 Å². The van der Waals surface area contributed by atoms with Crippen LogP contribution in [0.5, 0.6) is 0 Å². The van der Waals surface area contributed by atoms with Gasteiger partial charge in [0, 0.05) is 17.2 Å². The van der Waals surface area contributed by atoms with E-state index in [0.29, 0.717) is 11.6 Å². The van der Waals surface area contributed by atoms with Crippen LogP contribution in [0.2, 0.25) is 5.02 Å². The molecule has 0 atom stereocenters. The van der Waals surface area contributed by atoms with Crippen LogP contribution in [0.4, 0.5) is 5.13 Å². The number of aromatic nitrogens is 2. The second-order valence-electron chi connectivity index (χ2n) is 6.38. The third-order valence-electron chi connectivity index (χ3n) is 4.43. The average molecular weight is 396 g/mol. The van der Waals surface area contributed by atoms with Crippen molar-refractivity contribution in [3.05, 3.63) is 34.9 Å². The molecule has 0 spiro atoms. The number of nitrogens with zero attached hydrogens (tertiary/aromatic N) is 2. The molecular formula is C18H22ClN3OS2.